The normalized spacial score (nSPS) is 22.6. The minimum absolute atomic E-state index is 0.261. The Morgan fingerprint density at radius 3 is 2.46 bits per heavy atom. The Bertz CT molecular complexity index is 1620. The molecule has 2 aromatic carbocycles. The van der Waals surface area contributed by atoms with Gasteiger partial charge in [0.2, 0.25) is 17.7 Å². The van der Waals surface area contributed by atoms with Crippen LogP contribution in [0, 0.1) is 5.92 Å². The van der Waals surface area contributed by atoms with Gasteiger partial charge in [-0.15, -0.1) is 0 Å². The number of para-hydroxylation sites is 1. The van der Waals surface area contributed by atoms with E-state index in [4.69, 9.17) is 4.74 Å². The molecule has 1 aromatic heterocycles. The maximum Gasteiger partial charge on any atom is 0.418 e. The highest BCUT2D eigenvalue weighted by Crippen LogP contribution is 2.54. The van der Waals surface area contributed by atoms with E-state index in [1.165, 1.54) is 16.7 Å². The SMILES string of the molecule is O=C(Cn1c2c(sc1=O)C(c1cccc(Br)c1)C1C(=O)N(c3ccccc3C(F)(F)F)C(=O)C1S2)N1CCOCC1. The van der Waals surface area contributed by atoms with Crippen LogP contribution in [0.1, 0.15) is 21.9 Å². The summed E-state index contributed by atoms with van der Waals surface area (Å²) in [6, 6.07) is 11.5. The number of thioether (sulfide) groups is 1. The van der Waals surface area contributed by atoms with Crippen molar-refractivity contribution in [3.63, 3.8) is 0 Å². The molecule has 3 aromatic rings. The summed E-state index contributed by atoms with van der Waals surface area (Å²) < 4.78 is 49.0. The van der Waals surface area contributed by atoms with E-state index >= 15 is 0 Å². The zero-order chi connectivity index (χ0) is 29.1. The number of alkyl halides is 3. The van der Waals surface area contributed by atoms with Crippen LogP contribution >= 0.6 is 39.0 Å². The van der Waals surface area contributed by atoms with Gasteiger partial charge in [0.05, 0.1) is 35.4 Å². The number of amides is 3. The zero-order valence-electron chi connectivity index (χ0n) is 21.1. The van der Waals surface area contributed by atoms with Gasteiger partial charge in [-0.2, -0.15) is 13.2 Å². The summed E-state index contributed by atoms with van der Waals surface area (Å²) in [5.41, 5.74) is -0.996. The number of nitrogens with zero attached hydrogens (tertiary/aromatic N) is 3. The lowest BCUT2D eigenvalue weighted by atomic mass is 9.83. The summed E-state index contributed by atoms with van der Waals surface area (Å²) in [4.78, 5) is 56.4. The first-order valence-electron chi connectivity index (χ1n) is 12.6. The molecule has 2 fully saturated rings. The molecule has 2 saturated heterocycles. The Hall–Kier alpha value is -2.94. The van der Waals surface area contributed by atoms with Crippen LogP contribution in [0.15, 0.2) is 62.8 Å². The number of hydrogen-bond acceptors (Lipinski definition) is 7. The van der Waals surface area contributed by atoms with Crippen molar-refractivity contribution in [2.45, 2.75) is 28.9 Å². The molecule has 4 heterocycles. The average molecular weight is 669 g/mol. The van der Waals surface area contributed by atoms with Crippen molar-refractivity contribution in [2.75, 3.05) is 31.2 Å². The lowest BCUT2D eigenvalue weighted by Gasteiger charge is -2.31. The third-order valence-corrected chi connectivity index (χ3v) is 10.5. The van der Waals surface area contributed by atoms with Gasteiger partial charge in [0.1, 0.15) is 11.8 Å². The van der Waals surface area contributed by atoms with Gasteiger partial charge in [0.25, 0.3) is 0 Å². The van der Waals surface area contributed by atoms with Gasteiger partial charge in [-0.3, -0.25) is 23.7 Å². The van der Waals surface area contributed by atoms with E-state index < -0.39 is 51.2 Å². The molecule has 0 spiro atoms. The van der Waals surface area contributed by atoms with Crippen LogP contribution in [-0.4, -0.2) is 58.7 Å². The van der Waals surface area contributed by atoms with Gasteiger partial charge in [-0.25, -0.2) is 4.90 Å². The summed E-state index contributed by atoms with van der Waals surface area (Å²) in [6.07, 6.45) is -4.79. The molecule has 8 nitrogen and oxygen atoms in total. The first kappa shape index (κ1) is 28.2. The van der Waals surface area contributed by atoms with Crippen molar-refractivity contribution in [3.05, 3.63) is 78.7 Å². The summed E-state index contributed by atoms with van der Waals surface area (Å²) in [5.74, 6) is -3.69. The molecule has 3 aliphatic rings. The summed E-state index contributed by atoms with van der Waals surface area (Å²) in [6.45, 7) is 1.29. The van der Waals surface area contributed by atoms with E-state index in [1.54, 1.807) is 29.2 Å². The number of aromatic nitrogens is 1. The van der Waals surface area contributed by atoms with Crippen molar-refractivity contribution in [2.24, 2.45) is 5.92 Å². The van der Waals surface area contributed by atoms with E-state index in [2.05, 4.69) is 15.9 Å². The molecule has 0 saturated carbocycles. The molecule has 3 atom stereocenters. The van der Waals surface area contributed by atoms with Crippen molar-refractivity contribution < 1.29 is 32.3 Å². The van der Waals surface area contributed by atoms with E-state index in [0.29, 0.717) is 51.1 Å². The topological polar surface area (TPSA) is 88.9 Å². The highest BCUT2D eigenvalue weighted by molar-refractivity contribution is 9.10. The number of rotatable bonds is 4. The fourth-order valence-electron chi connectivity index (χ4n) is 5.51. The second-order valence-electron chi connectivity index (χ2n) is 9.74. The molecule has 0 aliphatic carbocycles. The van der Waals surface area contributed by atoms with Crippen molar-refractivity contribution in [1.29, 1.82) is 0 Å². The fourth-order valence-corrected chi connectivity index (χ4v) is 8.70. The van der Waals surface area contributed by atoms with E-state index in [-0.39, 0.29) is 12.5 Å². The summed E-state index contributed by atoms with van der Waals surface area (Å²) >= 11 is 5.28. The summed E-state index contributed by atoms with van der Waals surface area (Å²) in [5, 5.41) is -0.723. The maximum absolute atomic E-state index is 13.9. The average Bonchev–Trinajstić information content (AvgIpc) is 3.39. The third-order valence-electron chi connectivity index (χ3n) is 7.36. The number of halogens is 4. The standard InChI is InChI=1S/C27H21BrF3N3O5S2/c28-15-5-3-4-14(12-15)19-20-21(24(37)34(23(20)36)17-7-2-1-6-16(17)27(29,30)31)40-25-22(19)41-26(38)33(25)13-18(35)32-8-10-39-11-9-32/h1-7,12,19-21H,8-11,13H2. The van der Waals surface area contributed by atoms with E-state index in [0.717, 1.165) is 35.2 Å². The number of ether oxygens (including phenoxy) is 1. The second kappa shape index (κ2) is 10.7. The van der Waals surface area contributed by atoms with Crippen LogP contribution in [-0.2, 0) is 31.8 Å². The molecule has 0 radical (unpaired) electrons. The van der Waals surface area contributed by atoms with Crippen LogP contribution in [0.3, 0.4) is 0 Å². The Morgan fingerprint density at radius 1 is 1.02 bits per heavy atom. The van der Waals surface area contributed by atoms with E-state index in [9.17, 15) is 32.3 Å². The minimum Gasteiger partial charge on any atom is -0.378 e. The van der Waals surface area contributed by atoms with Gasteiger partial charge in [-0.05, 0) is 29.8 Å². The van der Waals surface area contributed by atoms with Crippen molar-refractivity contribution in [1.82, 2.24) is 9.47 Å². The third kappa shape index (κ3) is 4.94. The molecule has 3 aliphatic heterocycles. The van der Waals surface area contributed by atoms with Crippen LogP contribution < -0.4 is 9.77 Å². The highest BCUT2D eigenvalue weighted by Gasteiger charge is 2.57. The van der Waals surface area contributed by atoms with Gasteiger partial charge in [-0.1, -0.05) is 63.3 Å². The van der Waals surface area contributed by atoms with Crippen LogP contribution in [0.5, 0.6) is 0 Å². The predicted molar refractivity (Wildman–Crippen MR) is 149 cm³/mol. The maximum atomic E-state index is 13.9. The molecule has 14 heteroatoms. The smallest absolute Gasteiger partial charge is 0.378 e. The molecule has 41 heavy (non-hydrogen) atoms. The second-order valence-corrected chi connectivity index (χ2v) is 12.8. The van der Waals surface area contributed by atoms with Crippen LogP contribution in [0.25, 0.3) is 0 Å². The number of carbonyl (C=O) groups excluding carboxylic acids is 3. The molecule has 6 rings (SSSR count). The Labute approximate surface area is 248 Å². The monoisotopic (exact) mass is 667 g/mol. The number of fused-ring (bicyclic) bond motifs is 2. The number of thiazole rings is 1. The Morgan fingerprint density at radius 2 is 1.76 bits per heavy atom. The number of carbonyl (C=O) groups is 3. The molecular weight excluding hydrogens is 647 g/mol. The van der Waals surface area contributed by atoms with Crippen molar-refractivity contribution in [3.8, 4) is 0 Å². The largest absolute Gasteiger partial charge is 0.418 e. The lowest BCUT2D eigenvalue weighted by Crippen LogP contribution is -2.43. The summed E-state index contributed by atoms with van der Waals surface area (Å²) in [7, 11) is 0. The number of imide groups is 1. The van der Waals surface area contributed by atoms with E-state index in [1.807, 2.05) is 0 Å². The van der Waals surface area contributed by atoms with Crippen LogP contribution in [0.2, 0.25) is 0 Å². The first-order chi connectivity index (χ1) is 19.6. The zero-order valence-corrected chi connectivity index (χ0v) is 24.3. The number of anilines is 1. The Kier molecular flexibility index (Phi) is 7.37. The van der Waals surface area contributed by atoms with Gasteiger partial charge >= 0.3 is 11.0 Å². The highest BCUT2D eigenvalue weighted by atomic mass is 79.9. The molecule has 0 bridgehead atoms. The predicted octanol–water partition coefficient (Wildman–Crippen LogP) is 4.35. The van der Waals surface area contributed by atoms with Crippen LogP contribution in [0.4, 0.5) is 18.9 Å². The number of hydrogen-bond donors (Lipinski definition) is 0. The Balaban J connectivity index is 1.46. The van der Waals surface area contributed by atoms with Gasteiger partial charge < -0.3 is 9.64 Å². The molecule has 3 amide bonds. The molecular formula is C27H21BrF3N3O5S2. The van der Waals surface area contributed by atoms with Gasteiger partial charge in [0, 0.05) is 28.4 Å². The minimum atomic E-state index is -4.79. The van der Waals surface area contributed by atoms with Gasteiger partial charge in [0.15, 0.2) is 0 Å². The molecule has 3 unspecified atom stereocenters. The first-order valence-corrected chi connectivity index (χ1v) is 15.1. The molecule has 0 N–H and O–H groups in total. The molecule has 214 valence electrons. The number of benzene rings is 2. The number of morpholine rings is 1. The lowest BCUT2D eigenvalue weighted by molar-refractivity contribution is -0.137. The fraction of sp³-hybridized carbons (Fsp3) is 0.333. The quantitative estimate of drug-likeness (QED) is 0.385. The van der Waals surface area contributed by atoms with Crippen molar-refractivity contribution >= 4 is 62.4 Å².